The Labute approximate surface area is 155 Å². The summed E-state index contributed by atoms with van der Waals surface area (Å²) in [6.45, 7) is 3.94. The Morgan fingerprint density at radius 2 is 1.38 bits per heavy atom. The minimum atomic E-state index is -0.140. The molecule has 0 unspecified atom stereocenters. The van der Waals surface area contributed by atoms with Gasteiger partial charge in [0, 0.05) is 43.5 Å². The highest BCUT2D eigenvalue weighted by Crippen LogP contribution is 2.14. The van der Waals surface area contributed by atoms with E-state index in [1.165, 1.54) is 0 Å². The van der Waals surface area contributed by atoms with Crippen molar-refractivity contribution in [2.75, 3.05) is 31.6 Å². The zero-order chi connectivity index (χ0) is 18.8. The molecule has 2 amide bonds. The van der Waals surface area contributed by atoms with Gasteiger partial charge in [0.25, 0.3) is 11.8 Å². The van der Waals surface area contributed by atoms with E-state index >= 15 is 0 Å². The van der Waals surface area contributed by atoms with Gasteiger partial charge in [-0.25, -0.2) is 0 Å². The predicted molar refractivity (Wildman–Crippen MR) is 106 cm³/mol. The molecule has 0 aliphatic heterocycles. The molecule has 0 saturated carbocycles. The predicted octanol–water partition coefficient (Wildman–Crippen LogP) is 3.08. The van der Waals surface area contributed by atoms with Crippen LogP contribution in [-0.2, 0) is 0 Å². The Morgan fingerprint density at radius 3 is 1.92 bits per heavy atom. The largest absolute Gasteiger partial charge is 0.375 e. The van der Waals surface area contributed by atoms with E-state index in [-0.39, 0.29) is 11.8 Å². The smallest absolute Gasteiger partial charge is 0.251 e. The Bertz CT molecular complexity index is 699. The molecule has 0 aromatic heterocycles. The van der Waals surface area contributed by atoms with Gasteiger partial charge >= 0.3 is 0 Å². The summed E-state index contributed by atoms with van der Waals surface area (Å²) in [4.78, 5) is 26.3. The van der Waals surface area contributed by atoms with Gasteiger partial charge in [-0.05, 0) is 42.8 Å². The molecule has 5 nitrogen and oxygen atoms in total. The molecular weight excluding hydrogens is 326 g/mol. The van der Waals surface area contributed by atoms with Crippen molar-refractivity contribution < 1.29 is 9.59 Å². The van der Waals surface area contributed by atoms with Crippen LogP contribution in [0.3, 0.4) is 0 Å². The molecule has 0 fully saturated rings. The summed E-state index contributed by atoms with van der Waals surface area (Å²) in [7, 11) is 2.06. The van der Waals surface area contributed by atoms with Crippen molar-refractivity contribution in [1.82, 2.24) is 10.6 Å². The van der Waals surface area contributed by atoms with E-state index in [0.29, 0.717) is 24.2 Å². The van der Waals surface area contributed by atoms with Crippen LogP contribution in [0.1, 0.15) is 40.5 Å². The van der Waals surface area contributed by atoms with Crippen molar-refractivity contribution in [1.29, 1.82) is 0 Å². The SMILES string of the molecule is CCCCN(C)c1ccc(C(=O)NCCNC(=O)c2ccccc2)cc1. The molecule has 0 spiro atoms. The maximum absolute atomic E-state index is 12.2. The molecule has 2 aromatic carbocycles. The number of benzene rings is 2. The number of carbonyl (C=O) groups is 2. The Balaban J connectivity index is 1.75. The molecule has 26 heavy (non-hydrogen) atoms. The van der Waals surface area contributed by atoms with Crippen LogP contribution in [-0.4, -0.2) is 38.5 Å². The normalized spacial score (nSPS) is 10.2. The van der Waals surface area contributed by atoms with E-state index in [4.69, 9.17) is 0 Å². The number of hydrogen-bond donors (Lipinski definition) is 2. The van der Waals surface area contributed by atoms with E-state index in [1.54, 1.807) is 12.1 Å². The van der Waals surface area contributed by atoms with Gasteiger partial charge in [0.05, 0.1) is 0 Å². The average Bonchev–Trinajstić information content (AvgIpc) is 2.69. The number of carbonyl (C=O) groups excluding carboxylic acids is 2. The van der Waals surface area contributed by atoms with Crippen molar-refractivity contribution in [3.63, 3.8) is 0 Å². The highest BCUT2D eigenvalue weighted by molar-refractivity contribution is 5.95. The third-order valence-corrected chi connectivity index (χ3v) is 4.15. The lowest BCUT2D eigenvalue weighted by Gasteiger charge is -2.19. The summed E-state index contributed by atoms with van der Waals surface area (Å²) < 4.78 is 0. The van der Waals surface area contributed by atoms with Crippen LogP contribution in [0.15, 0.2) is 54.6 Å². The molecule has 2 N–H and O–H groups in total. The van der Waals surface area contributed by atoms with Gasteiger partial charge < -0.3 is 15.5 Å². The van der Waals surface area contributed by atoms with E-state index in [1.807, 2.05) is 42.5 Å². The third kappa shape index (κ3) is 5.92. The van der Waals surface area contributed by atoms with Crippen LogP contribution >= 0.6 is 0 Å². The van der Waals surface area contributed by atoms with Crippen LogP contribution < -0.4 is 15.5 Å². The summed E-state index contributed by atoms with van der Waals surface area (Å²) >= 11 is 0. The molecule has 2 rings (SSSR count). The summed E-state index contributed by atoms with van der Waals surface area (Å²) in [6.07, 6.45) is 2.30. The maximum Gasteiger partial charge on any atom is 0.251 e. The van der Waals surface area contributed by atoms with E-state index in [0.717, 1.165) is 25.1 Å². The van der Waals surface area contributed by atoms with Gasteiger partial charge in [0.1, 0.15) is 0 Å². The zero-order valence-corrected chi connectivity index (χ0v) is 15.5. The maximum atomic E-state index is 12.2. The highest BCUT2D eigenvalue weighted by atomic mass is 16.2. The van der Waals surface area contributed by atoms with Gasteiger partial charge in [-0.3, -0.25) is 9.59 Å². The summed E-state index contributed by atoms with van der Waals surface area (Å²) in [5, 5.41) is 5.61. The van der Waals surface area contributed by atoms with Crippen molar-refractivity contribution in [2.45, 2.75) is 19.8 Å². The molecule has 0 aliphatic rings. The Morgan fingerprint density at radius 1 is 0.846 bits per heavy atom. The molecule has 0 saturated heterocycles. The fraction of sp³-hybridized carbons (Fsp3) is 0.333. The monoisotopic (exact) mass is 353 g/mol. The first-order valence-corrected chi connectivity index (χ1v) is 9.04. The molecule has 0 radical (unpaired) electrons. The van der Waals surface area contributed by atoms with Crippen LogP contribution in [0, 0.1) is 0 Å². The van der Waals surface area contributed by atoms with E-state index in [9.17, 15) is 9.59 Å². The fourth-order valence-electron chi connectivity index (χ4n) is 2.54. The fourth-order valence-corrected chi connectivity index (χ4v) is 2.54. The lowest BCUT2D eigenvalue weighted by molar-refractivity contribution is 0.0927. The molecular formula is C21H27N3O2. The number of anilines is 1. The van der Waals surface area contributed by atoms with Gasteiger partial charge in [0.15, 0.2) is 0 Å². The number of nitrogens with zero attached hydrogens (tertiary/aromatic N) is 1. The molecule has 0 bridgehead atoms. The van der Waals surface area contributed by atoms with Crippen LogP contribution in [0.2, 0.25) is 0 Å². The Hall–Kier alpha value is -2.82. The van der Waals surface area contributed by atoms with E-state index < -0.39 is 0 Å². The minimum absolute atomic E-state index is 0.137. The lowest BCUT2D eigenvalue weighted by Crippen LogP contribution is -2.34. The summed E-state index contributed by atoms with van der Waals surface area (Å²) in [5.74, 6) is -0.277. The van der Waals surface area contributed by atoms with Crippen LogP contribution in [0.25, 0.3) is 0 Å². The lowest BCUT2D eigenvalue weighted by atomic mass is 10.2. The average molecular weight is 353 g/mol. The van der Waals surface area contributed by atoms with Crippen molar-refractivity contribution in [2.24, 2.45) is 0 Å². The first kappa shape index (κ1) is 19.5. The molecule has 2 aromatic rings. The molecule has 0 heterocycles. The van der Waals surface area contributed by atoms with Crippen molar-refractivity contribution >= 4 is 17.5 Å². The molecule has 5 heteroatoms. The minimum Gasteiger partial charge on any atom is -0.375 e. The molecule has 138 valence electrons. The number of nitrogens with one attached hydrogen (secondary N) is 2. The number of rotatable bonds is 9. The first-order valence-electron chi connectivity index (χ1n) is 9.04. The second-order valence-corrected chi connectivity index (χ2v) is 6.20. The van der Waals surface area contributed by atoms with Crippen LogP contribution in [0.5, 0.6) is 0 Å². The molecule has 0 atom stereocenters. The number of amides is 2. The van der Waals surface area contributed by atoms with E-state index in [2.05, 4.69) is 29.5 Å². The zero-order valence-electron chi connectivity index (χ0n) is 15.5. The topological polar surface area (TPSA) is 61.4 Å². The summed E-state index contributed by atoms with van der Waals surface area (Å²) in [5.41, 5.74) is 2.33. The van der Waals surface area contributed by atoms with Crippen molar-refractivity contribution in [3.05, 3.63) is 65.7 Å². The second-order valence-electron chi connectivity index (χ2n) is 6.20. The number of hydrogen-bond acceptors (Lipinski definition) is 3. The highest BCUT2D eigenvalue weighted by Gasteiger charge is 2.07. The van der Waals surface area contributed by atoms with Gasteiger partial charge in [-0.15, -0.1) is 0 Å². The summed E-state index contributed by atoms with van der Waals surface area (Å²) in [6, 6.07) is 16.6. The second kappa shape index (κ2) is 10.2. The van der Waals surface area contributed by atoms with Gasteiger partial charge in [-0.2, -0.15) is 0 Å². The Kier molecular flexibility index (Phi) is 7.68. The third-order valence-electron chi connectivity index (χ3n) is 4.15. The van der Waals surface area contributed by atoms with Gasteiger partial charge in [0.2, 0.25) is 0 Å². The van der Waals surface area contributed by atoms with Gasteiger partial charge in [-0.1, -0.05) is 31.5 Å². The standard InChI is InChI=1S/C21H27N3O2/c1-3-4-16-24(2)19-12-10-18(11-13-19)21(26)23-15-14-22-20(25)17-8-6-5-7-9-17/h5-13H,3-4,14-16H2,1-2H3,(H,22,25)(H,23,26). The van der Waals surface area contributed by atoms with Crippen LogP contribution in [0.4, 0.5) is 5.69 Å². The number of unbranched alkanes of at least 4 members (excludes halogenated alkanes) is 1. The first-order chi connectivity index (χ1) is 12.6. The van der Waals surface area contributed by atoms with Crippen molar-refractivity contribution in [3.8, 4) is 0 Å². The molecule has 0 aliphatic carbocycles. The quantitative estimate of drug-likeness (QED) is 0.681.